The Bertz CT molecular complexity index is 986. The molecule has 5 nitrogen and oxygen atoms in total. The third-order valence-corrected chi connectivity index (χ3v) is 7.02. The van der Waals surface area contributed by atoms with Crippen molar-refractivity contribution in [3.8, 4) is 11.4 Å². The highest BCUT2D eigenvalue weighted by Crippen LogP contribution is 2.31. The van der Waals surface area contributed by atoms with E-state index in [1.165, 1.54) is 16.6 Å². The van der Waals surface area contributed by atoms with Crippen LogP contribution < -0.4 is 5.32 Å². The van der Waals surface area contributed by atoms with Crippen molar-refractivity contribution in [2.75, 3.05) is 11.1 Å². The molecule has 0 aliphatic heterocycles. The summed E-state index contributed by atoms with van der Waals surface area (Å²) in [6.45, 7) is 7.14. The van der Waals surface area contributed by atoms with Crippen molar-refractivity contribution in [1.29, 1.82) is 0 Å². The average Bonchev–Trinajstić information content (AvgIpc) is 3.28. The number of nitrogens with zero attached hydrogens (tertiary/aromatic N) is 3. The van der Waals surface area contributed by atoms with E-state index in [0.717, 1.165) is 27.6 Å². The lowest BCUT2D eigenvalue weighted by molar-refractivity contribution is -0.113. The standard InChI is InChI=1S/C19H20BrClN4OS2/c1-4-25-18(12-7-16(11(2)3)27-9-12)23-24-19(25)28-10-17(26)22-15-6-5-13(20)8-14(15)21/h5-9,11H,4,10H2,1-3H3,(H,22,26). The van der Waals surface area contributed by atoms with Gasteiger partial charge in [0.25, 0.3) is 0 Å². The Morgan fingerprint density at radius 2 is 2.14 bits per heavy atom. The second-order valence-electron chi connectivity index (χ2n) is 6.40. The molecule has 0 atom stereocenters. The molecule has 0 saturated carbocycles. The fourth-order valence-corrected chi connectivity index (χ4v) is 5.00. The van der Waals surface area contributed by atoms with Crippen LogP contribution in [0.1, 0.15) is 31.6 Å². The van der Waals surface area contributed by atoms with Gasteiger partial charge in [0.2, 0.25) is 5.91 Å². The predicted molar refractivity (Wildman–Crippen MR) is 122 cm³/mol. The summed E-state index contributed by atoms with van der Waals surface area (Å²) in [5.41, 5.74) is 1.66. The molecule has 2 aromatic heterocycles. The van der Waals surface area contributed by atoms with E-state index in [4.69, 9.17) is 11.6 Å². The second kappa shape index (κ2) is 9.43. The van der Waals surface area contributed by atoms with Crippen LogP contribution in [0.25, 0.3) is 11.4 Å². The van der Waals surface area contributed by atoms with Gasteiger partial charge in [0.05, 0.1) is 16.5 Å². The first kappa shape index (κ1) is 21.4. The van der Waals surface area contributed by atoms with Gasteiger partial charge in [-0.3, -0.25) is 4.79 Å². The smallest absolute Gasteiger partial charge is 0.234 e. The van der Waals surface area contributed by atoms with Gasteiger partial charge in [0.1, 0.15) is 0 Å². The van der Waals surface area contributed by atoms with Crippen LogP contribution in [0.15, 0.2) is 39.3 Å². The van der Waals surface area contributed by atoms with Crippen molar-refractivity contribution in [3.63, 3.8) is 0 Å². The van der Waals surface area contributed by atoms with Crippen LogP contribution in [0.3, 0.4) is 0 Å². The SMILES string of the molecule is CCn1c(SCC(=O)Nc2ccc(Br)cc2Cl)nnc1-c1csc(C(C)C)c1. The molecule has 1 amide bonds. The first-order chi connectivity index (χ1) is 13.4. The van der Waals surface area contributed by atoms with Gasteiger partial charge in [-0.05, 0) is 37.1 Å². The number of halogens is 2. The molecule has 0 bridgehead atoms. The molecule has 0 unspecified atom stereocenters. The first-order valence-electron chi connectivity index (χ1n) is 8.78. The van der Waals surface area contributed by atoms with E-state index in [1.807, 2.05) is 17.6 Å². The Morgan fingerprint density at radius 1 is 1.36 bits per heavy atom. The Labute approximate surface area is 186 Å². The molecule has 0 aliphatic carbocycles. The Hall–Kier alpha value is -1.35. The van der Waals surface area contributed by atoms with E-state index in [9.17, 15) is 4.79 Å². The van der Waals surface area contributed by atoms with E-state index in [2.05, 4.69) is 56.7 Å². The average molecular weight is 500 g/mol. The lowest BCUT2D eigenvalue weighted by Crippen LogP contribution is -2.15. The number of benzene rings is 1. The maximum atomic E-state index is 12.3. The highest BCUT2D eigenvalue weighted by molar-refractivity contribution is 9.10. The van der Waals surface area contributed by atoms with Crippen LogP contribution >= 0.6 is 50.6 Å². The molecule has 2 heterocycles. The van der Waals surface area contributed by atoms with Gasteiger partial charge in [0.15, 0.2) is 11.0 Å². The summed E-state index contributed by atoms with van der Waals surface area (Å²) < 4.78 is 2.90. The number of hydrogen-bond donors (Lipinski definition) is 1. The number of nitrogens with one attached hydrogen (secondary N) is 1. The first-order valence-corrected chi connectivity index (χ1v) is 11.8. The van der Waals surface area contributed by atoms with Crippen molar-refractivity contribution < 1.29 is 4.79 Å². The topological polar surface area (TPSA) is 59.8 Å². The van der Waals surface area contributed by atoms with Crippen LogP contribution in [-0.4, -0.2) is 26.4 Å². The van der Waals surface area contributed by atoms with Gasteiger partial charge < -0.3 is 9.88 Å². The van der Waals surface area contributed by atoms with Crippen LogP contribution in [0.2, 0.25) is 5.02 Å². The number of rotatable bonds is 7. The molecule has 9 heteroatoms. The summed E-state index contributed by atoms with van der Waals surface area (Å²) in [5.74, 6) is 1.41. The zero-order chi connectivity index (χ0) is 20.3. The van der Waals surface area contributed by atoms with Gasteiger partial charge in [-0.2, -0.15) is 0 Å². The van der Waals surface area contributed by atoms with E-state index < -0.39 is 0 Å². The van der Waals surface area contributed by atoms with E-state index in [0.29, 0.717) is 16.6 Å². The number of carbonyl (C=O) groups excluding carboxylic acids is 1. The van der Waals surface area contributed by atoms with Crippen molar-refractivity contribution >= 4 is 62.2 Å². The molecular formula is C19H20BrClN4OS2. The van der Waals surface area contributed by atoms with Crippen LogP contribution in [-0.2, 0) is 11.3 Å². The van der Waals surface area contributed by atoms with Gasteiger partial charge in [-0.25, -0.2) is 0 Å². The van der Waals surface area contributed by atoms with E-state index in [-0.39, 0.29) is 11.7 Å². The minimum atomic E-state index is -0.140. The third kappa shape index (κ3) is 4.97. The molecule has 0 fully saturated rings. The van der Waals surface area contributed by atoms with Crippen molar-refractivity contribution in [2.24, 2.45) is 0 Å². The molecule has 1 aromatic carbocycles. The summed E-state index contributed by atoms with van der Waals surface area (Å²) in [5, 5.41) is 14.8. The molecule has 148 valence electrons. The number of thioether (sulfide) groups is 1. The second-order valence-corrected chi connectivity index (χ2v) is 9.61. The number of aromatic nitrogens is 3. The lowest BCUT2D eigenvalue weighted by atomic mass is 10.1. The van der Waals surface area contributed by atoms with E-state index >= 15 is 0 Å². The van der Waals surface area contributed by atoms with Gasteiger partial charge >= 0.3 is 0 Å². The summed E-state index contributed by atoms with van der Waals surface area (Å²) in [7, 11) is 0. The molecule has 3 rings (SSSR count). The molecule has 1 N–H and O–H groups in total. The molecule has 0 aliphatic rings. The van der Waals surface area contributed by atoms with Crippen molar-refractivity contribution in [2.45, 2.75) is 38.4 Å². The summed E-state index contributed by atoms with van der Waals surface area (Å²) in [4.78, 5) is 13.6. The van der Waals surface area contributed by atoms with Crippen LogP contribution in [0.5, 0.6) is 0 Å². The fourth-order valence-electron chi connectivity index (χ4n) is 2.57. The minimum absolute atomic E-state index is 0.140. The van der Waals surface area contributed by atoms with E-state index in [1.54, 1.807) is 23.5 Å². The molecule has 0 saturated heterocycles. The zero-order valence-corrected chi connectivity index (χ0v) is 19.7. The molecule has 28 heavy (non-hydrogen) atoms. The molecule has 3 aromatic rings. The quantitative estimate of drug-likeness (QED) is 0.388. The number of amides is 1. The molecule has 0 spiro atoms. The minimum Gasteiger partial charge on any atom is -0.324 e. The Morgan fingerprint density at radius 3 is 2.79 bits per heavy atom. The number of thiophene rings is 1. The number of anilines is 1. The Kier molecular flexibility index (Phi) is 7.20. The number of hydrogen-bond acceptors (Lipinski definition) is 5. The number of carbonyl (C=O) groups is 1. The van der Waals surface area contributed by atoms with Crippen LogP contribution in [0.4, 0.5) is 5.69 Å². The predicted octanol–water partition coefficient (Wildman–Crippen LogP) is 6.30. The maximum absolute atomic E-state index is 12.3. The fraction of sp³-hybridized carbons (Fsp3) is 0.316. The monoisotopic (exact) mass is 498 g/mol. The third-order valence-electron chi connectivity index (χ3n) is 4.02. The van der Waals surface area contributed by atoms with Gasteiger partial charge in [-0.15, -0.1) is 21.5 Å². The highest BCUT2D eigenvalue weighted by Gasteiger charge is 2.17. The molecular weight excluding hydrogens is 480 g/mol. The molecule has 0 radical (unpaired) electrons. The van der Waals surface area contributed by atoms with Crippen molar-refractivity contribution in [3.05, 3.63) is 44.0 Å². The lowest BCUT2D eigenvalue weighted by Gasteiger charge is -2.08. The van der Waals surface area contributed by atoms with Crippen LogP contribution in [0, 0.1) is 0 Å². The normalized spacial score (nSPS) is 11.2. The summed E-state index contributed by atoms with van der Waals surface area (Å²) >= 11 is 12.6. The maximum Gasteiger partial charge on any atom is 0.234 e. The zero-order valence-electron chi connectivity index (χ0n) is 15.7. The largest absolute Gasteiger partial charge is 0.324 e. The van der Waals surface area contributed by atoms with Gasteiger partial charge in [0, 0.05) is 26.8 Å². The summed E-state index contributed by atoms with van der Waals surface area (Å²) in [6, 6.07) is 7.52. The van der Waals surface area contributed by atoms with Gasteiger partial charge in [-0.1, -0.05) is 53.1 Å². The van der Waals surface area contributed by atoms with Crippen molar-refractivity contribution in [1.82, 2.24) is 14.8 Å². The highest BCUT2D eigenvalue weighted by atomic mass is 79.9. The Balaban J connectivity index is 1.69. The summed E-state index contributed by atoms with van der Waals surface area (Å²) in [6.07, 6.45) is 0.